The topological polar surface area (TPSA) is 48.0 Å². The molecular formula is C16H20FNO4. The van der Waals surface area contributed by atoms with E-state index in [-0.39, 0.29) is 36.3 Å². The van der Waals surface area contributed by atoms with Crippen LogP contribution in [0, 0.1) is 5.82 Å². The van der Waals surface area contributed by atoms with Crippen LogP contribution in [0.5, 0.6) is 5.75 Å². The van der Waals surface area contributed by atoms with Crippen molar-refractivity contribution in [1.82, 2.24) is 4.90 Å². The molecule has 1 aromatic rings. The van der Waals surface area contributed by atoms with Gasteiger partial charge < -0.3 is 19.1 Å². The fourth-order valence-corrected chi connectivity index (χ4v) is 2.58. The first-order valence-corrected chi connectivity index (χ1v) is 7.60. The van der Waals surface area contributed by atoms with E-state index in [0.29, 0.717) is 19.7 Å². The third-order valence-corrected chi connectivity index (χ3v) is 3.88. The minimum absolute atomic E-state index is 0.0618. The molecule has 2 aliphatic heterocycles. The van der Waals surface area contributed by atoms with Crippen molar-refractivity contribution in [2.24, 2.45) is 0 Å². The summed E-state index contributed by atoms with van der Waals surface area (Å²) in [6.45, 7) is 2.25. The van der Waals surface area contributed by atoms with Crippen molar-refractivity contribution in [2.75, 3.05) is 32.9 Å². The van der Waals surface area contributed by atoms with Crippen LogP contribution in [0.2, 0.25) is 0 Å². The zero-order valence-electron chi connectivity index (χ0n) is 12.4. The summed E-state index contributed by atoms with van der Waals surface area (Å²) < 4.78 is 29.8. The van der Waals surface area contributed by atoms with Gasteiger partial charge in [-0.25, -0.2) is 4.39 Å². The van der Waals surface area contributed by atoms with Crippen molar-refractivity contribution >= 4 is 5.91 Å². The minimum atomic E-state index is -0.382. The van der Waals surface area contributed by atoms with Crippen LogP contribution in [0.4, 0.5) is 4.39 Å². The molecule has 2 heterocycles. The highest BCUT2D eigenvalue weighted by atomic mass is 19.1. The van der Waals surface area contributed by atoms with E-state index in [1.54, 1.807) is 23.1 Å². The number of nitrogens with zero attached hydrogens (tertiary/aromatic N) is 1. The molecule has 2 fully saturated rings. The molecule has 0 bridgehead atoms. The number of ether oxygens (including phenoxy) is 3. The normalized spacial score (nSPS) is 21.7. The van der Waals surface area contributed by atoms with Gasteiger partial charge in [-0.2, -0.15) is 0 Å². The molecule has 0 radical (unpaired) electrons. The second-order valence-electron chi connectivity index (χ2n) is 5.62. The molecule has 120 valence electrons. The van der Waals surface area contributed by atoms with Gasteiger partial charge in [0.2, 0.25) is 5.91 Å². The van der Waals surface area contributed by atoms with Crippen molar-refractivity contribution in [3.63, 3.8) is 0 Å². The van der Waals surface area contributed by atoms with Crippen LogP contribution in [0.25, 0.3) is 0 Å². The monoisotopic (exact) mass is 309 g/mol. The lowest BCUT2D eigenvalue weighted by molar-refractivity contribution is -0.146. The quantitative estimate of drug-likeness (QED) is 0.801. The van der Waals surface area contributed by atoms with Crippen molar-refractivity contribution < 1.29 is 23.4 Å². The first-order valence-electron chi connectivity index (χ1n) is 7.60. The lowest BCUT2D eigenvalue weighted by atomic mass is 10.1. The molecule has 0 saturated carbocycles. The Morgan fingerprint density at radius 2 is 2.18 bits per heavy atom. The SMILES string of the molecule is O=C(COC[C@H]1CCCO1)N1CC(Oc2ccccc2F)C1. The van der Waals surface area contributed by atoms with Gasteiger partial charge in [0.25, 0.3) is 0 Å². The summed E-state index contributed by atoms with van der Waals surface area (Å²) in [6.07, 6.45) is 2.03. The predicted octanol–water partition coefficient (Wildman–Crippen LogP) is 1.61. The van der Waals surface area contributed by atoms with Gasteiger partial charge in [0.15, 0.2) is 11.6 Å². The van der Waals surface area contributed by atoms with E-state index in [1.807, 2.05) is 0 Å². The van der Waals surface area contributed by atoms with E-state index in [1.165, 1.54) is 6.07 Å². The highest BCUT2D eigenvalue weighted by molar-refractivity contribution is 5.78. The molecule has 0 aliphatic carbocycles. The number of benzene rings is 1. The van der Waals surface area contributed by atoms with E-state index >= 15 is 0 Å². The van der Waals surface area contributed by atoms with E-state index in [0.717, 1.165) is 19.4 Å². The molecule has 1 aromatic carbocycles. The Hall–Kier alpha value is -1.66. The van der Waals surface area contributed by atoms with Gasteiger partial charge >= 0.3 is 0 Å². The molecule has 3 rings (SSSR count). The Morgan fingerprint density at radius 1 is 1.36 bits per heavy atom. The zero-order valence-corrected chi connectivity index (χ0v) is 12.4. The van der Waals surface area contributed by atoms with Crippen LogP contribution in [0.1, 0.15) is 12.8 Å². The highest BCUT2D eigenvalue weighted by Gasteiger charge is 2.32. The molecule has 0 aromatic heterocycles. The third-order valence-electron chi connectivity index (χ3n) is 3.88. The van der Waals surface area contributed by atoms with Gasteiger partial charge in [0, 0.05) is 6.61 Å². The van der Waals surface area contributed by atoms with Gasteiger partial charge in [0.05, 0.1) is 25.8 Å². The first kappa shape index (κ1) is 15.2. The molecule has 2 aliphatic rings. The van der Waals surface area contributed by atoms with Crippen molar-refractivity contribution in [3.05, 3.63) is 30.1 Å². The van der Waals surface area contributed by atoms with Gasteiger partial charge in [0.1, 0.15) is 12.7 Å². The highest BCUT2D eigenvalue weighted by Crippen LogP contribution is 2.21. The number of carbonyl (C=O) groups excluding carboxylic acids is 1. The Morgan fingerprint density at radius 3 is 2.91 bits per heavy atom. The molecule has 22 heavy (non-hydrogen) atoms. The molecule has 5 nitrogen and oxygen atoms in total. The van der Waals surface area contributed by atoms with Crippen molar-refractivity contribution in [1.29, 1.82) is 0 Å². The zero-order chi connectivity index (χ0) is 15.4. The van der Waals surface area contributed by atoms with E-state index in [2.05, 4.69) is 0 Å². The van der Waals surface area contributed by atoms with Crippen LogP contribution in [0.15, 0.2) is 24.3 Å². The maximum absolute atomic E-state index is 13.4. The minimum Gasteiger partial charge on any atom is -0.484 e. The molecule has 6 heteroatoms. The molecule has 2 saturated heterocycles. The smallest absolute Gasteiger partial charge is 0.248 e. The van der Waals surface area contributed by atoms with Crippen molar-refractivity contribution in [2.45, 2.75) is 25.0 Å². The number of likely N-dealkylation sites (tertiary alicyclic amines) is 1. The van der Waals surface area contributed by atoms with Crippen LogP contribution in [-0.4, -0.2) is 55.9 Å². The average molecular weight is 309 g/mol. The first-order chi connectivity index (χ1) is 10.7. The maximum atomic E-state index is 13.4. The summed E-state index contributed by atoms with van der Waals surface area (Å²) in [5.74, 6) is -0.215. The number of hydrogen-bond donors (Lipinski definition) is 0. The second kappa shape index (κ2) is 7.07. The van der Waals surface area contributed by atoms with E-state index in [9.17, 15) is 9.18 Å². The molecule has 1 amide bonds. The van der Waals surface area contributed by atoms with Gasteiger partial charge in [-0.15, -0.1) is 0 Å². The Bertz CT molecular complexity index is 513. The molecule has 0 unspecified atom stereocenters. The van der Waals surface area contributed by atoms with Crippen LogP contribution in [-0.2, 0) is 14.3 Å². The number of hydrogen-bond acceptors (Lipinski definition) is 4. The number of carbonyl (C=O) groups is 1. The van der Waals surface area contributed by atoms with Crippen LogP contribution >= 0.6 is 0 Å². The predicted molar refractivity (Wildman–Crippen MR) is 77.2 cm³/mol. The number of rotatable bonds is 6. The van der Waals surface area contributed by atoms with Crippen molar-refractivity contribution in [3.8, 4) is 5.75 Å². The summed E-state index contributed by atoms with van der Waals surface area (Å²) >= 11 is 0. The Kier molecular flexibility index (Phi) is 4.90. The van der Waals surface area contributed by atoms with E-state index < -0.39 is 0 Å². The summed E-state index contributed by atoms with van der Waals surface area (Å²) in [5, 5.41) is 0. The molecule has 0 N–H and O–H groups in total. The Labute approximate surface area is 128 Å². The van der Waals surface area contributed by atoms with Gasteiger partial charge in [-0.1, -0.05) is 12.1 Å². The molecular weight excluding hydrogens is 289 g/mol. The largest absolute Gasteiger partial charge is 0.484 e. The fourth-order valence-electron chi connectivity index (χ4n) is 2.58. The maximum Gasteiger partial charge on any atom is 0.248 e. The summed E-state index contributed by atoms with van der Waals surface area (Å²) in [6, 6.07) is 6.28. The number of para-hydroxylation sites is 1. The lowest BCUT2D eigenvalue weighted by Gasteiger charge is -2.38. The number of amides is 1. The number of halogens is 1. The lowest BCUT2D eigenvalue weighted by Crippen LogP contribution is -2.57. The van der Waals surface area contributed by atoms with Crippen LogP contribution in [0.3, 0.4) is 0 Å². The Balaban J connectivity index is 1.34. The fraction of sp³-hybridized carbons (Fsp3) is 0.562. The average Bonchev–Trinajstić information content (AvgIpc) is 2.97. The van der Waals surface area contributed by atoms with Crippen LogP contribution < -0.4 is 4.74 Å². The van der Waals surface area contributed by atoms with E-state index in [4.69, 9.17) is 14.2 Å². The summed E-state index contributed by atoms with van der Waals surface area (Å²) in [4.78, 5) is 13.5. The van der Waals surface area contributed by atoms with Gasteiger partial charge in [-0.3, -0.25) is 4.79 Å². The molecule has 1 atom stereocenters. The second-order valence-corrected chi connectivity index (χ2v) is 5.62. The summed E-state index contributed by atoms with van der Waals surface area (Å²) in [5.41, 5.74) is 0. The summed E-state index contributed by atoms with van der Waals surface area (Å²) in [7, 11) is 0. The third kappa shape index (κ3) is 3.75. The van der Waals surface area contributed by atoms with Gasteiger partial charge in [-0.05, 0) is 25.0 Å². The standard InChI is InChI=1S/C16H20FNO4/c17-14-5-1-2-6-15(14)22-13-8-18(9-13)16(19)11-20-10-12-4-3-7-21-12/h1-2,5-6,12-13H,3-4,7-11H2/t12-/m1/s1. The molecule has 0 spiro atoms.